The third-order valence-corrected chi connectivity index (χ3v) is 7.20. The van der Waals surface area contributed by atoms with E-state index < -0.39 is 6.04 Å². The van der Waals surface area contributed by atoms with Gasteiger partial charge in [0.15, 0.2) is 0 Å². The highest BCUT2D eigenvalue weighted by Crippen LogP contribution is 2.28. The van der Waals surface area contributed by atoms with E-state index in [9.17, 15) is 9.59 Å². The Hall–Kier alpha value is -4.53. The topological polar surface area (TPSA) is 104 Å². The van der Waals surface area contributed by atoms with Gasteiger partial charge < -0.3 is 21.3 Å². The fourth-order valence-corrected chi connectivity index (χ4v) is 4.82. The van der Waals surface area contributed by atoms with Gasteiger partial charge in [-0.25, -0.2) is 0 Å². The molecule has 3 aromatic carbocycles. The summed E-state index contributed by atoms with van der Waals surface area (Å²) in [6, 6.07) is 28.2. The number of hydrogen-bond acceptors (Lipinski definition) is 6. The van der Waals surface area contributed by atoms with Crippen LogP contribution in [0.2, 0.25) is 0 Å². The molecule has 2 amide bonds. The van der Waals surface area contributed by atoms with E-state index in [-0.39, 0.29) is 11.8 Å². The minimum absolute atomic E-state index is 0.108. The highest BCUT2D eigenvalue weighted by atomic mass is 16.2. The number of carbonyl (C=O) groups excluding carboxylic acids is 2. The number of nitrogens with zero attached hydrogens (tertiary/aromatic N) is 3. The van der Waals surface area contributed by atoms with Crippen molar-refractivity contribution in [3.63, 3.8) is 0 Å². The van der Waals surface area contributed by atoms with Crippen molar-refractivity contribution in [1.82, 2.24) is 20.1 Å². The van der Waals surface area contributed by atoms with E-state index in [0.29, 0.717) is 29.2 Å². The van der Waals surface area contributed by atoms with Crippen molar-refractivity contribution in [2.45, 2.75) is 12.6 Å². The third-order valence-electron chi connectivity index (χ3n) is 7.20. The first kappa shape index (κ1) is 27.1. The molecule has 0 saturated carbocycles. The van der Waals surface area contributed by atoms with Crippen molar-refractivity contribution >= 4 is 23.2 Å². The first-order chi connectivity index (χ1) is 19.5. The number of rotatable bonds is 8. The summed E-state index contributed by atoms with van der Waals surface area (Å²) in [5.41, 5.74) is 11.2. The van der Waals surface area contributed by atoms with Crippen LogP contribution >= 0.6 is 0 Å². The van der Waals surface area contributed by atoms with Crippen LogP contribution in [0.25, 0.3) is 11.1 Å². The average molecular weight is 535 g/mol. The maximum Gasteiger partial charge on any atom is 0.257 e. The normalized spacial score (nSPS) is 14.8. The van der Waals surface area contributed by atoms with Gasteiger partial charge in [-0.1, -0.05) is 66.7 Å². The lowest BCUT2D eigenvalue weighted by molar-refractivity contribution is -0.127. The molecule has 1 fully saturated rings. The molecule has 4 N–H and O–H groups in total. The summed E-state index contributed by atoms with van der Waals surface area (Å²) in [6.45, 7) is 3.68. The Balaban J connectivity index is 1.32. The number of nitrogens with one attached hydrogen (secondary N) is 2. The van der Waals surface area contributed by atoms with E-state index in [0.717, 1.165) is 42.9 Å². The Morgan fingerprint density at radius 2 is 1.57 bits per heavy atom. The molecule has 0 spiro atoms. The lowest BCUT2D eigenvalue weighted by Crippen LogP contribution is -2.50. The molecule has 8 heteroatoms. The van der Waals surface area contributed by atoms with E-state index in [1.165, 1.54) is 6.20 Å². The molecular weight excluding hydrogens is 500 g/mol. The number of piperazine rings is 1. The van der Waals surface area contributed by atoms with E-state index in [1.807, 2.05) is 72.8 Å². The number of carbonyl (C=O) groups is 2. The highest BCUT2D eigenvalue weighted by molar-refractivity contribution is 6.06. The number of nitrogen functional groups attached to an aromatic ring is 1. The van der Waals surface area contributed by atoms with Gasteiger partial charge in [0.1, 0.15) is 6.04 Å². The van der Waals surface area contributed by atoms with E-state index >= 15 is 0 Å². The Kier molecular flexibility index (Phi) is 8.49. The number of aromatic nitrogens is 1. The molecule has 1 aliphatic rings. The molecule has 40 heavy (non-hydrogen) atoms. The molecule has 1 saturated heterocycles. The second-order valence-electron chi connectivity index (χ2n) is 10.0. The summed E-state index contributed by atoms with van der Waals surface area (Å²) in [4.78, 5) is 35.6. The summed E-state index contributed by atoms with van der Waals surface area (Å²) in [5, 5.41) is 5.99. The molecule has 0 aliphatic carbocycles. The molecule has 2 heterocycles. The number of benzene rings is 3. The number of amides is 2. The van der Waals surface area contributed by atoms with Crippen LogP contribution in [-0.2, 0) is 11.3 Å². The average Bonchev–Trinajstić information content (AvgIpc) is 2.99. The van der Waals surface area contributed by atoms with Gasteiger partial charge >= 0.3 is 0 Å². The second-order valence-corrected chi connectivity index (χ2v) is 10.0. The summed E-state index contributed by atoms with van der Waals surface area (Å²) < 4.78 is 0. The lowest BCUT2D eigenvalue weighted by Gasteiger charge is -2.37. The zero-order chi connectivity index (χ0) is 27.9. The van der Waals surface area contributed by atoms with Crippen LogP contribution in [0, 0.1) is 0 Å². The van der Waals surface area contributed by atoms with Gasteiger partial charge in [-0.3, -0.25) is 19.5 Å². The predicted molar refractivity (Wildman–Crippen MR) is 159 cm³/mol. The van der Waals surface area contributed by atoms with Crippen LogP contribution in [0.3, 0.4) is 0 Å². The number of likely N-dealkylation sites (N-methyl/N-ethyl adjacent to an activating group) is 1. The molecule has 0 radical (unpaired) electrons. The molecule has 8 nitrogen and oxygen atoms in total. The number of anilines is 2. The number of hydrogen-bond donors (Lipinski definition) is 3. The first-order valence-electron chi connectivity index (χ1n) is 13.4. The van der Waals surface area contributed by atoms with Gasteiger partial charge in [-0.15, -0.1) is 0 Å². The quantitative estimate of drug-likeness (QED) is 0.293. The summed E-state index contributed by atoms with van der Waals surface area (Å²) in [7, 11) is 2.08. The van der Waals surface area contributed by atoms with E-state index in [4.69, 9.17) is 5.73 Å². The minimum atomic E-state index is -0.548. The maximum absolute atomic E-state index is 13.4. The molecule has 1 aliphatic heterocycles. The van der Waals surface area contributed by atoms with Gasteiger partial charge in [-0.05, 0) is 48.0 Å². The largest absolute Gasteiger partial charge is 0.397 e. The van der Waals surface area contributed by atoms with Gasteiger partial charge in [0, 0.05) is 38.9 Å². The maximum atomic E-state index is 13.4. The molecule has 1 aromatic heterocycles. The summed E-state index contributed by atoms with van der Waals surface area (Å²) >= 11 is 0. The highest BCUT2D eigenvalue weighted by Gasteiger charge is 2.31. The van der Waals surface area contributed by atoms with Crippen molar-refractivity contribution in [2.24, 2.45) is 0 Å². The third kappa shape index (κ3) is 6.54. The SMILES string of the molecule is CN1CCN(C(C(=O)NCc2ccccc2)c2ccc(C(=O)Nc3cc(-c4ccccc4)ccc3N)cn2)CC1. The van der Waals surface area contributed by atoms with Crippen LogP contribution < -0.4 is 16.4 Å². The van der Waals surface area contributed by atoms with Gasteiger partial charge in [0.2, 0.25) is 5.91 Å². The first-order valence-corrected chi connectivity index (χ1v) is 13.4. The van der Waals surface area contributed by atoms with Crippen LogP contribution in [0.5, 0.6) is 0 Å². The van der Waals surface area contributed by atoms with Crippen molar-refractivity contribution < 1.29 is 9.59 Å². The van der Waals surface area contributed by atoms with Crippen molar-refractivity contribution in [3.05, 3.63) is 114 Å². The number of pyridine rings is 1. The van der Waals surface area contributed by atoms with Crippen molar-refractivity contribution in [2.75, 3.05) is 44.3 Å². The monoisotopic (exact) mass is 534 g/mol. The van der Waals surface area contributed by atoms with Gasteiger partial charge in [-0.2, -0.15) is 0 Å². The molecule has 1 unspecified atom stereocenters. The van der Waals surface area contributed by atoms with Crippen molar-refractivity contribution in [3.8, 4) is 11.1 Å². The second kappa shape index (κ2) is 12.5. The van der Waals surface area contributed by atoms with Crippen LogP contribution in [-0.4, -0.2) is 59.8 Å². The fourth-order valence-electron chi connectivity index (χ4n) is 4.82. The van der Waals surface area contributed by atoms with Gasteiger partial charge in [0.05, 0.1) is 22.6 Å². The van der Waals surface area contributed by atoms with Crippen LogP contribution in [0.15, 0.2) is 97.2 Å². The van der Waals surface area contributed by atoms with Crippen molar-refractivity contribution in [1.29, 1.82) is 0 Å². The Morgan fingerprint density at radius 1 is 0.875 bits per heavy atom. The van der Waals surface area contributed by atoms with Gasteiger partial charge in [0.25, 0.3) is 5.91 Å². The molecule has 1 atom stereocenters. The molecule has 4 aromatic rings. The fraction of sp³-hybridized carbons (Fsp3) is 0.219. The Labute approximate surface area is 234 Å². The lowest BCUT2D eigenvalue weighted by atomic mass is 10.0. The summed E-state index contributed by atoms with van der Waals surface area (Å²) in [6.07, 6.45) is 1.52. The molecular formula is C32H34N6O2. The molecule has 0 bridgehead atoms. The predicted octanol–water partition coefficient (Wildman–Crippen LogP) is 4.19. The van der Waals surface area contributed by atoms with Crippen LogP contribution in [0.1, 0.15) is 27.7 Å². The zero-order valence-electron chi connectivity index (χ0n) is 22.6. The summed E-state index contributed by atoms with van der Waals surface area (Å²) in [5.74, 6) is -0.427. The Bertz CT molecular complexity index is 1440. The number of nitrogens with two attached hydrogens (primary N) is 1. The smallest absolute Gasteiger partial charge is 0.257 e. The van der Waals surface area contributed by atoms with E-state index in [1.54, 1.807) is 18.2 Å². The minimum Gasteiger partial charge on any atom is -0.397 e. The standard InChI is InChI=1S/C32H34N6O2/c1-37-16-18-38(19-17-37)30(32(40)35-21-23-8-4-2-5-9-23)28-15-13-26(22-34-28)31(39)36-29-20-25(12-14-27(29)33)24-10-6-3-7-11-24/h2-15,20,22,30H,16-19,21,33H2,1H3,(H,35,40)(H,36,39). The van der Waals surface area contributed by atoms with Crippen LogP contribution in [0.4, 0.5) is 11.4 Å². The Morgan fingerprint density at radius 3 is 2.25 bits per heavy atom. The molecule has 204 valence electrons. The zero-order valence-corrected chi connectivity index (χ0v) is 22.6. The van der Waals surface area contributed by atoms with E-state index in [2.05, 4.69) is 32.5 Å². The molecule has 5 rings (SSSR count).